The second-order valence-corrected chi connectivity index (χ2v) is 10.2. The first-order valence-electron chi connectivity index (χ1n) is 10.6. The number of nitrogens with zero attached hydrogens (tertiary/aromatic N) is 1. The Morgan fingerprint density at radius 2 is 1.65 bits per heavy atom. The molecule has 1 amide bonds. The summed E-state index contributed by atoms with van der Waals surface area (Å²) in [7, 11) is -3.56. The van der Waals surface area contributed by atoms with Crippen LogP contribution >= 0.6 is 0 Å². The van der Waals surface area contributed by atoms with Crippen molar-refractivity contribution in [1.29, 1.82) is 0 Å². The number of benzene rings is 2. The summed E-state index contributed by atoms with van der Waals surface area (Å²) in [4.78, 5) is 26.2. The van der Waals surface area contributed by atoms with Crippen LogP contribution in [0.15, 0.2) is 59.5 Å². The fraction of sp³-hybridized carbons (Fsp3) is 0.417. The Kier molecular flexibility index (Phi) is 7.85. The Bertz CT molecular complexity index is 978. The van der Waals surface area contributed by atoms with E-state index in [1.807, 2.05) is 25.1 Å². The van der Waals surface area contributed by atoms with E-state index in [1.165, 1.54) is 17.7 Å². The molecule has 0 saturated carbocycles. The first-order chi connectivity index (χ1) is 14.8. The number of rotatable bonds is 8. The summed E-state index contributed by atoms with van der Waals surface area (Å²) >= 11 is 0. The van der Waals surface area contributed by atoms with Gasteiger partial charge in [-0.15, -0.1) is 0 Å². The van der Waals surface area contributed by atoms with Gasteiger partial charge in [0.1, 0.15) is 0 Å². The Balaban J connectivity index is 1.37. The van der Waals surface area contributed by atoms with Crippen LogP contribution in [0.3, 0.4) is 0 Å². The lowest BCUT2D eigenvalue weighted by Gasteiger charge is -2.32. The highest BCUT2D eigenvalue weighted by Gasteiger charge is 2.24. The molecule has 166 valence electrons. The van der Waals surface area contributed by atoms with Crippen LogP contribution in [0, 0.1) is 12.8 Å². The third-order valence-electron chi connectivity index (χ3n) is 5.65. The van der Waals surface area contributed by atoms with Crippen molar-refractivity contribution in [1.82, 2.24) is 4.90 Å². The SMILES string of the molecule is Cc1ccc(S(=O)(=O)CCC(=O)OCC(=O)N2CCC(Cc3ccccc3)CC2)cc1. The van der Waals surface area contributed by atoms with Crippen molar-refractivity contribution in [2.45, 2.75) is 37.5 Å². The number of carbonyl (C=O) groups is 2. The molecular formula is C24H29NO5S. The first-order valence-corrected chi connectivity index (χ1v) is 12.3. The number of sulfone groups is 1. The predicted molar refractivity (Wildman–Crippen MR) is 118 cm³/mol. The minimum atomic E-state index is -3.56. The lowest BCUT2D eigenvalue weighted by atomic mass is 9.90. The van der Waals surface area contributed by atoms with Gasteiger partial charge in [-0.2, -0.15) is 0 Å². The van der Waals surface area contributed by atoms with Gasteiger partial charge in [-0.05, 0) is 49.8 Å². The van der Waals surface area contributed by atoms with E-state index in [2.05, 4.69) is 12.1 Å². The molecule has 0 N–H and O–H groups in total. The van der Waals surface area contributed by atoms with Crippen LogP contribution in [0.4, 0.5) is 0 Å². The molecule has 0 unspecified atom stereocenters. The van der Waals surface area contributed by atoms with Gasteiger partial charge in [0.05, 0.1) is 17.1 Å². The number of hydrogen-bond acceptors (Lipinski definition) is 5. The van der Waals surface area contributed by atoms with E-state index in [-0.39, 0.29) is 29.6 Å². The van der Waals surface area contributed by atoms with Gasteiger partial charge in [0.2, 0.25) is 0 Å². The summed E-state index contributed by atoms with van der Waals surface area (Å²) in [5.41, 5.74) is 2.27. The molecule has 1 aliphatic heterocycles. The number of esters is 1. The van der Waals surface area contributed by atoms with E-state index in [1.54, 1.807) is 17.0 Å². The van der Waals surface area contributed by atoms with Gasteiger partial charge in [-0.1, -0.05) is 48.0 Å². The summed E-state index contributed by atoms with van der Waals surface area (Å²) < 4.78 is 29.7. The van der Waals surface area contributed by atoms with Crippen molar-refractivity contribution < 1.29 is 22.7 Å². The van der Waals surface area contributed by atoms with E-state index in [4.69, 9.17) is 4.74 Å². The van der Waals surface area contributed by atoms with Crippen LogP contribution in [0.25, 0.3) is 0 Å². The normalized spacial score (nSPS) is 14.9. The number of piperidine rings is 1. The van der Waals surface area contributed by atoms with Gasteiger partial charge in [0.15, 0.2) is 16.4 Å². The zero-order valence-corrected chi connectivity index (χ0v) is 18.6. The third kappa shape index (κ3) is 6.92. The number of aryl methyl sites for hydroxylation is 1. The van der Waals surface area contributed by atoms with Gasteiger partial charge in [0.25, 0.3) is 5.91 Å². The lowest BCUT2D eigenvalue weighted by molar-refractivity contribution is -0.152. The largest absolute Gasteiger partial charge is 0.456 e. The second-order valence-electron chi connectivity index (χ2n) is 8.06. The molecule has 1 saturated heterocycles. The van der Waals surface area contributed by atoms with Crippen molar-refractivity contribution in [2.24, 2.45) is 5.92 Å². The van der Waals surface area contributed by atoms with Crippen molar-refractivity contribution in [3.05, 3.63) is 65.7 Å². The van der Waals surface area contributed by atoms with Crippen molar-refractivity contribution in [2.75, 3.05) is 25.4 Å². The number of carbonyl (C=O) groups excluding carboxylic acids is 2. The number of likely N-dealkylation sites (tertiary alicyclic amines) is 1. The van der Waals surface area contributed by atoms with Crippen LogP contribution in [0.2, 0.25) is 0 Å². The van der Waals surface area contributed by atoms with Gasteiger partial charge < -0.3 is 9.64 Å². The van der Waals surface area contributed by atoms with E-state index in [9.17, 15) is 18.0 Å². The van der Waals surface area contributed by atoms with E-state index >= 15 is 0 Å². The average Bonchev–Trinajstić information content (AvgIpc) is 2.77. The summed E-state index contributed by atoms with van der Waals surface area (Å²) in [5.74, 6) is -0.703. The molecular weight excluding hydrogens is 414 g/mol. The van der Waals surface area contributed by atoms with Crippen LogP contribution in [-0.4, -0.2) is 50.6 Å². The molecule has 1 fully saturated rings. The van der Waals surface area contributed by atoms with Gasteiger partial charge >= 0.3 is 5.97 Å². The van der Waals surface area contributed by atoms with Gasteiger partial charge in [-0.25, -0.2) is 8.42 Å². The molecule has 2 aromatic rings. The van der Waals surface area contributed by atoms with E-state index < -0.39 is 15.8 Å². The number of hydrogen-bond donors (Lipinski definition) is 0. The number of amides is 1. The average molecular weight is 444 g/mol. The molecule has 1 heterocycles. The van der Waals surface area contributed by atoms with E-state index in [0.717, 1.165) is 24.8 Å². The Morgan fingerprint density at radius 1 is 1.00 bits per heavy atom. The van der Waals surface area contributed by atoms with Crippen molar-refractivity contribution in [3.63, 3.8) is 0 Å². The topological polar surface area (TPSA) is 80.7 Å². The molecule has 0 aromatic heterocycles. The molecule has 2 aromatic carbocycles. The predicted octanol–water partition coefficient (Wildman–Crippen LogP) is 3.18. The highest BCUT2D eigenvalue weighted by Crippen LogP contribution is 2.21. The summed E-state index contributed by atoms with van der Waals surface area (Å²) in [6, 6.07) is 16.8. The van der Waals surface area contributed by atoms with Crippen molar-refractivity contribution >= 4 is 21.7 Å². The fourth-order valence-corrected chi connectivity index (χ4v) is 4.94. The van der Waals surface area contributed by atoms with Crippen LogP contribution in [-0.2, 0) is 30.6 Å². The Morgan fingerprint density at radius 3 is 2.29 bits per heavy atom. The number of ether oxygens (including phenoxy) is 1. The van der Waals surface area contributed by atoms with Crippen molar-refractivity contribution in [3.8, 4) is 0 Å². The maximum atomic E-state index is 12.4. The van der Waals surface area contributed by atoms with Gasteiger partial charge in [-0.3, -0.25) is 9.59 Å². The highest BCUT2D eigenvalue weighted by atomic mass is 32.2. The van der Waals surface area contributed by atoms with Crippen LogP contribution < -0.4 is 0 Å². The zero-order chi connectivity index (χ0) is 22.3. The standard InChI is InChI=1S/C24H29NO5S/c1-19-7-9-22(10-8-19)31(28,29)16-13-24(27)30-18-23(26)25-14-11-21(12-15-25)17-20-5-3-2-4-6-20/h2-10,21H,11-18H2,1H3. The maximum Gasteiger partial charge on any atom is 0.307 e. The van der Waals surface area contributed by atoms with Gasteiger partial charge in [0, 0.05) is 13.1 Å². The maximum absolute atomic E-state index is 12.4. The smallest absolute Gasteiger partial charge is 0.307 e. The second kappa shape index (κ2) is 10.6. The molecule has 0 atom stereocenters. The molecule has 0 spiro atoms. The Hall–Kier alpha value is -2.67. The quantitative estimate of drug-likeness (QED) is 0.586. The highest BCUT2D eigenvalue weighted by molar-refractivity contribution is 7.91. The molecule has 0 bridgehead atoms. The van der Waals surface area contributed by atoms with E-state index in [0.29, 0.717) is 19.0 Å². The fourth-order valence-electron chi connectivity index (χ4n) is 3.72. The lowest BCUT2D eigenvalue weighted by Crippen LogP contribution is -2.41. The first kappa shape index (κ1) is 23.0. The minimum absolute atomic E-state index is 0.181. The summed E-state index contributed by atoms with van der Waals surface area (Å²) in [5, 5.41) is 0. The van der Waals surface area contributed by atoms with Crippen LogP contribution in [0.1, 0.15) is 30.4 Å². The molecule has 6 nitrogen and oxygen atoms in total. The monoisotopic (exact) mass is 443 g/mol. The minimum Gasteiger partial charge on any atom is -0.456 e. The Labute approximate surface area is 184 Å². The van der Waals surface area contributed by atoms with Crippen LogP contribution in [0.5, 0.6) is 0 Å². The molecule has 0 radical (unpaired) electrons. The summed E-state index contributed by atoms with van der Waals surface area (Å²) in [6.07, 6.45) is 2.57. The molecule has 7 heteroatoms. The molecule has 0 aliphatic carbocycles. The molecule has 1 aliphatic rings. The molecule has 31 heavy (non-hydrogen) atoms. The zero-order valence-electron chi connectivity index (χ0n) is 17.8. The summed E-state index contributed by atoms with van der Waals surface area (Å²) in [6.45, 7) is 2.83. The third-order valence-corrected chi connectivity index (χ3v) is 7.38. The molecule has 3 rings (SSSR count).